The number of esters is 1. The van der Waals surface area contributed by atoms with E-state index < -0.39 is 23.5 Å². The molecule has 3 rings (SSSR count). The van der Waals surface area contributed by atoms with Crippen molar-refractivity contribution in [1.82, 2.24) is 9.55 Å². The summed E-state index contributed by atoms with van der Waals surface area (Å²) in [6, 6.07) is 7.33. The molecule has 0 aliphatic heterocycles. The van der Waals surface area contributed by atoms with E-state index in [9.17, 15) is 22.8 Å². The summed E-state index contributed by atoms with van der Waals surface area (Å²) in [7, 11) is 1.20. The minimum atomic E-state index is -4.43. The monoisotopic (exact) mass is 398 g/mol. The number of ether oxygens (including phenoxy) is 1. The highest BCUT2D eigenvalue weighted by Gasteiger charge is 2.29. The topological polar surface area (TPSA) is 74.3 Å². The van der Waals surface area contributed by atoms with Gasteiger partial charge in [-0.05, 0) is 30.3 Å². The molecule has 0 aliphatic carbocycles. The van der Waals surface area contributed by atoms with E-state index >= 15 is 0 Å². The van der Waals surface area contributed by atoms with Crippen molar-refractivity contribution < 1.29 is 27.1 Å². The second-order valence-corrected chi connectivity index (χ2v) is 6.43. The molecule has 1 aromatic carbocycles. The van der Waals surface area contributed by atoms with Crippen molar-refractivity contribution in [2.45, 2.75) is 17.9 Å². The third-order valence-corrected chi connectivity index (χ3v) is 4.64. The van der Waals surface area contributed by atoms with Crippen molar-refractivity contribution >= 4 is 28.6 Å². The Bertz CT molecular complexity index is 1030. The first-order valence-electron chi connectivity index (χ1n) is 7.63. The molecule has 0 aliphatic rings. The molecule has 0 N–H and O–H groups in total. The second kappa shape index (κ2) is 7.47. The number of hydrogen-bond acceptors (Lipinski definition) is 6. The third-order valence-electron chi connectivity index (χ3n) is 3.60. The zero-order valence-electron chi connectivity index (χ0n) is 13.9. The molecule has 3 aromatic rings. The van der Waals surface area contributed by atoms with Gasteiger partial charge in [0.2, 0.25) is 0 Å². The summed E-state index contributed by atoms with van der Waals surface area (Å²) in [6.07, 6.45) is -3.03. The lowest BCUT2D eigenvalue weighted by Gasteiger charge is -2.13. The van der Waals surface area contributed by atoms with Crippen molar-refractivity contribution in [2.24, 2.45) is 0 Å². The molecular weight excluding hydrogens is 385 g/mol. The van der Waals surface area contributed by atoms with Crippen molar-refractivity contribution in [2.75, 3.05) is 12.9 Å². The zero-order valence-corrected chi connectivity index (χ0v) is 14.8. The maximum Gasteiger partial charge on any atom is 0.398 e. The first-order chi connectivity index (χ1) is 12.8. The molecule has 0 unspecified atom stereocenters. The molecule has 2 heterocycles. The maximum atomic E-state index is 12.8. The Morgan fingerprint density at radius 3 is 2.74 bits per heavy atom. The molecular formula is C17H13F3N2O4S. The van der Waals surface area contributed by atoms with Crippen LogP contribution < -0.4 is 5.56 Å². The molecule has 0 atom stereocenters. The van der Waals surface area contributed by atoms with Gasteiger partial charge in [0, 0.05) is 0 Å². The van der Waals surface area contributed by atoms with Crippen LogP contribution in [0.5, 0.6) is 0 Å². The number of fused-ring (bicyclic) bond motifs is 1. The molecule has 0 spiro atoms. The lowest BCUT2D eigenvalue weighted by atomic mass is 10.1. The standard InChI is InChI=1S/C17H13F3N2O4S/c1-25-15(24)10-4-5-12-13(7-10)21-16(27-9-17(18,19)20)22(14(12)23)8-11-3-2-6-26-11/h2-7H,8-9H2,1H3. The van der Waals surface area contributed by atoms with Gasteiger partial charge in [-0.25, -0.2) is 9.78 Å². The number of nitrogens with zero attached hydrogens (tertiary/aromatic N) is 2. The Morgan fingerprint density at radius 1 is 1.33 bits per heavy atom. The maximum absolute atomic E-state index is 12.8. The summed E-state index contributed by atoms with van der Waals surface area (Å²) in [5, 5.41) is 0.0498. The predicted molar refractivity (Wildman–Crippen MR) is 91.9 cm³/mol. The van der Waals surface area contributed by atoms with Gasteiger partial charge in [0.25, 0.3) is 5.56 Å². The van der Waals surface area contributed by atoms with Gasteiger partial charge in [-0.15, -0.1) is 0 Å². The normalized spacial score (nSPS) is 11.7. The number of methoxy groups -OCH3 is 1. The summed E-state index contributed by atoms with van der Waals surface area (Å²) >= 11 is 0.394. The molecule has 2 aromatic heterocycles. The van der Waals surface area contributed by atoms with Gasteiger partial charge in [0.1, 0.15) is 5.76 Å². The van der Waals surface area contributed by atoms with Crippen LogP contribution >= 0.6 is 11.8 Å². The minimum absolute atomic E-state index is 0.0618. The molecule has 142 valence electrons. The Labute approximate surface area is 154 Å². The highest BCUT2D eigenvalue weighted by molar-refractivity contribution is 7.99. The van der Waals surface area contributed by atoms with E-state index in [0.29, 0.717) is 17.5 Å². The number of halogens is 3. The minimum Gasteiger partial charge on any atom is -0.467 e. The van der Waals surface area contributed by atoms with Gasteiger partial charge in [-0.2, -0.15) is 13.2 Å². The van der Waals surface area contributed by atoms with E-state index in [-0.39, 0.29) is 28.2 Å². The van der Waals surface area contributed by atoms with Crippen molar-refractivity contribution in [1.29, 1.82) is 0 Å². The van der Waals surface area contributed by atoms with Crippen LogP contribution in [0.25, 0.3) is 10.9 Å². The molecule has 0 saturated heterocycles. The fourth-order valence-corrected chi connectivity index (χ4v) is 3.16. The first-order valence-corrected chi connectivity index (χ1v) is 8.62. The fraction of sp³-hybridized carbons (Fsp3) is 0.235. The van der Waals surface area contributed by atoms with Crippen molar-refractivity contribution in [3.63, 3.8) is 0 Å². The zero-order chi connectivity index (χ0) is 19.6. The molecule has 6 nitrogen and oxygen atoms in total. The van der Waals surface area contributed by atoms with Crippen LogP contribution in [0.4, 0.5) is 13.2 Å². The van der Waals surface area contributed by atoms with Crippen LogP contribution in [-0.4, -0.2) is 34.6 Å². The van der Waals surface area contributed by atoms with E-state index in [2.05, 4.69) is 9.72 Å². The average Bonchev–Trinajstić information content (AvgIpc) is 3.14. The molecule has 27 heavy (non-hydrogen) atoms. The highest BCUT2D eigenvalue weighted by Crippen LogP contribution is 2.27. The molecule has 0 fully saturated rings. The smallest absolute Gasteiger partial charge is 0.398 e. The largest absolute Gasteiger partial charge is 0.467 e. The Hall–Kier alpha value is -2.75. The van der Waals surface area contributed by atoms with E-state index in [1.54, 1.807) is 12.1 Å². The number of benzene rings is 1. The van der Waals surface area contributed by atoms with Gasteiger partial charge >= 0.3 is 12.1 Å². The molecule has 0 saturated carbocycles. The summed E-state index contributed by atoms with van der Waals surface area (Å²) in [6.45, 7) is -0.0618. The molecule has 10 heteroatoms. The Kier molecular flexibility index (Phi) is 5.26. The summed E-state index contributed by atoms with van der Waals surface area (Å²) < 4.78 is 48.9. The predicted octanol–water partition coefficient (Wildman–Crippen LogP) is 3.48. The second-order valence-electron chi connectivity index (χ2n) is 5.49. The average molecular weight is 398 g/mol. The van der Waals surface area contributed by atoms with Crippen LogP contribution in [0.1, 0.15) is 16.1 Å². The molecule has 0 radical (unpaired) electrons. The quantitative estimate of drug-likeness (QED) is 0.372. The van der Waals surface area contributed by atoms with Crippen LogP contribution in [0.15, 0.2) is 51.0 Å². The Balaban J connectivity index is 2.13. The lowest BCUT2D eigenvalue weighted by molar-refractivity contribution is -0.105. The van der Waals surface area contributed by atoms with Gasteiger partial charge in [-0.1, -0.05) is 11.8 Å². The van der Waals surface area contributed by atoms with Crippen molar-refractivity contribution in [3.05, 3.63) is 58.3 Å². The van der Waals surface area contributed by atoms with E-state index in [4.69, 9.17) is 4.42 Å². The molecule has 0 amide bonds. The summed E-state index contributed by atoms with van der Waals surface area (Å²) in [5.41, 5.74) is -0.270. The van der Waals surface area contributed by atoms with Gasteiger partial charge in [-0.3, -0.25) is 9.36 Å². The highest BCUT2D eigenvalue weighted by atomic mass is 32.2. The number of carbonyl (C=O) groups is 1. The van der Waals surface area contributed by atoms with Crippen LogP contribution in [-0.2, 0) is 11.3 Å². The van der Waals surface area contributed by atoms with Gasteiger partial charge in [0.15, 0.2) is 5.16 Å². The molecule has 0 bridgehead atoms. The number of hydrogen-bond donors (Lipinski definition) is 0. The fourth-order valence-electron chi connectivity index (χ4n) is 2.40. The summed E-state index contributed by atoms with van der Waals surface area (Å²) in [4.78, 5) is 28.7. The van der Waals surface area contributed by atoms with E-state index in [0.717, 1.165) is 4.57 Å². The van der Waals surface area contributed by atoms with Crippen LogP contribution in [0.3, 0.4) is 0 Å². The number of furan rings is 1. The van der Waals surface area contributed by atoms with Crippen LogP contribution in [0.2, 0.25) is 0 Å². The van der Waals surface area contributed by atoms with Gasteiger partial charge < -0.3 is 9.15 Å². The number of thioether (sulfide) groups is 1. The number of rotatable bonds is 5. The first kappa shape index (κ1) is 19.0. The summed E-state index contributed by atoms with van der Waals surface area (Å²) in [5.74, 6) is -1.44. The van der Waals surface area contributed by atoms with Crippen molar-refractivity contribution in [3.8, 4) is 0 Å². The lowest BCUT2D eigenvalue weighted by Crippen LogP contribution is -2.25. The Morgan fingerprint density at radius 2 is 2.11 bits per heavy atom. The third kappa shape index (κ3) is 4.33. The van der Waals surface area contributed by atoms with Crippen LogP contribution in [0, 0.1) is 0 Å². The number of alkyl halides is 3. The van der Waals surface area contributed by atoms with E-state index in [1.165, 1.54) is 31.6 Å². The SMILES string of the molecule is COC(=O)c1ccc2c(=O)n(Cc3ccco3)c(SCC(F)(F)F)nc2c1. The number of carbonyl (C=O) groups excluding carboxylic acids is 1. The number of aromatic nitrogens is 2. The van der Waals surface area contributed by atoms with E-state index in [1.807, 2.05) is 0 Å². The van der Waals surface area contributed by atoms with Gasteiger partial charge in [0.05, 0.1) is 42.1 Å².